The Morgan fingerprint density at radius 2 is 1.58 bits per heavy atom. The van der Waals surface area contributed by atoms with E-state index in [4.69, 9.17) is 0 Å². The highest BCUT2D eigenvalue weighted by molar-refractivity contribution is 5.95. The molecule has 3 aromatic rings. The lowest BCUT2D eigenvalue weighted by molar-refractivity contribution is -0.136. The first kappa shape index (κ1) is 16.5. The van der Waals surface area contributed by atoms with Gasteiger partial charge in [0.2, 0.25) is 0 Å². The van der Waals surface area contributed by atoms with E-state index in [1.54, 1.807) is 6.07 Å². The van der Waals surface area contributed by atoms with E-state index in [0.717, 1.165) is 11.6 Å². The molecule has 24 heavy (non-hydrogen) atoms. The number of para-hydroxylation sites is 1. The second-order valence-electron chi connectivity index (χ2n) is 6.80. The lowest BCUT2D eigenvalue weighted by Gasteiger charge is -2.19. The SMILES string of the molecule is CC(C)(C)c1ccc(-c2[c]cnc3c(C(F)(F)F)cccc23)cc1. The van der Waals surface area contributed by atoms with Crippen LogP contribution in [0, 0.1) is 6.07 Å². The molecule has 0 aliphatic rings. The molecule has 1 heterocycles. The Morgan fingerprint density at radius 3 is 2.17 bits per heavy atom. The summed E-state index contributed by atoms with van der Waals surface area (Å²) in [5.41, 5.74) is 1.88. The number of halogens is 3. The smallest absolute Gasteiger partial charge is 0.255 e. The number of alkyl halides is 3. The summed E-state index contributed by atoms with van der Waals surface area (Å²) in [4.78, 5) is 3.92. The van der Waals surface area contributed by atoms with Crippen LogP contribution in [0.2, 0.25) is 0 Å². The van der Waals surface area contributed by atoms with Gasteiger partial charge in [0, 0.05) is 23.2 Å². The van der Waals surface area contributed by atoms with E-state index in [9.17, 15) is 13.2 Å². The summed E-state index contributed by atoms with van der Waals surface area (Å²) in [6, 6.07) is 15.0. The maximum absolute atomic E-state index is 13.2. The number of nitrogens with zero attached hydrogens (tertiary/aromatic N) is 1. The summed E-state index contributed by atoms with van der Waals surface area (Å²) < 4.78 is 39.6. The van der Waals surface area contributed by atoms with Crippen molar-refractivity contribution in [1.29, 1.82) is 0 Å². The van der Waals surface area contributed by atoms with Crippen LogP contribution in [0.15, 0.2) is 48.7 Å². The van der Waals surface area contributed by atoms with Crippen molar-refractivity contribution < 1.29 is 13.2 Å². The van der Waals surface area contributed by atoms with Crippen LogP contribution in [0.3, 0.4) is 0 Å². The number of aromatic nitrogens is 1. The van der Waals surface area contributed by atoms with Crippen LogP contribution >= 0.6 is 0 Å². The summed E-state index contributed by atoms with van der Waals surface area (Å²) in [7, 11) is 0. The Hall–Kier alpha value is -2.36. The largest absolute Gasteiger partial charge is 0.418 e. The number of hydrogen-bond acceptors (Lipinski definition) is 1. The van der Waals surface area contributed by atoms with Crippen molar-refractivity contribution in [3.05, 3.63) is 65.9 Å². The number of rotatable bonds is 1. The molecule has 3 rings (SSSR count). The number of pyridine rings is 1. The van der Waals surface area contributed by atoms with Crippen LogP contribution in [0.4, 0.5) is 13.2 Å². The molecule has 0 bridgehead atoms. The third-order valence-electron chi connectivity index (χ3n) is 4.05. The highest BCUT2D eigenvalue weighted by Gasteiger charge is 2.33. The predicted octanol–water partition coefficient (Wildman–Crippen LogP) is 6.02. The van der Waals surface area contributed by atoms with Crippen molar-refractivity contribution >= 4 is 10.9 Å². The van der Waals surface area contributed by atoms with Crippen molar-refractivity contribution in [2.45, 2.75) is 32.4 Å². The van der Waals surface area contributed by atoms with Gasteiger partial charge in [-0.05, 0) is 22.6 Å². The highest BCUT2D eigenvalue weighted by Crippen LogP contribution is 2.37. The fraction of sp³-hybridized carbons (Fsp3) is 0.250. The van der Waals surface area contributed by atoms with Gasteiger partial charge in [-0.3, -0.25) is 4.98 Å². The van der Waals surface area contributed by atoms with Gasteiger partial charge in [-0.15, -0.1) is 0 Å². The molecule has 1 aromatic heterocycles. The average Bonchev–Trinajstić information content (AvgIpc) is 2.52. The maximum atomic E-state index is 13.2. The Balaban J connectivity index is 2.17. The Bertz CT molecular complexity index is 872. The van der Waals surface area contributed by atoms with E-state index in [1.807, 2.05) is 24.3 Å². The zero-order valence-corrected chi connectivity index (χ0v) is 13.7. The molecule has 0 spiro atoms. The molecule has 0 saturated carbocycles. The molecule has 0 amide bonds. The Labute approximate surface area is 139 Å². The van der Waals surface area contributed by atoms with E-state index in [1.165, 1.54) is 17.8 Å². The molecule has 0 saturated heterocycles. The second kappa shape index (κ2) is 5.62. The van der Waals surface area contributed by atoms with Crippen LogP contribution in [-0.4, -0.2) is 4.98 Å². The molecule has 1 nitrogen and oxygen atoms in total. The van der Waals surface area contributed by atoms with Crippen molar-refractivity contribution in [1.82, 2.24) is 4.98 Å². The normalized spacial score (nSPS) is 12.6. The van der Waals surface area contributed by atoms with Crippen molar-refractivity contribution in [2.75, 3.05) is 0 Å². The quantitative estimate of drug-likeness (QED) is 0.532. The highest BCUT2D eigenvalue weighted by atomic mass is 19.4. The number of hydrogen-bond donors (Lipinski definition) is 0. The minimum Gasteiger partial charge on any atom is -0.255 e. The predicted molar refractivity (Wildman–Crippen MR) is 89.7 cm³/mol. The summed E-state index contributed by atoms with van der Waals surface area (Å²) >= 11 is 0. The molecule has 2 aromatic carbocycles. The monoisotopic (exact) mass is 328 g/mol. The van der Waals surface area contributed by atoms with Gasteiger partial charge < -0.3 is 0 Å². The summed E-state index contributed by atoms with van der Waals surface area (Å²) in [5, 5.41) is 0.454. The van der Waals surface area contributed by atoms with Crippen molar-refractivity contribution in [3.8, 4) is 11.1 Å². The Kier molecular flexibility index (Phi) is 3.86. The van der Waals surface area contributed by atoms with Crippen molar-refractivity contribution in [3.63, 3.8) is 0 Å². The van der Waals surface area contributed by atoms with Gasteiger partial charge in [-0.2, -0.15) is 13.2 Å². The lowest BCUT2D eigenvalue weighted by Crippen LogP contribution is -2.10. The fourth-order valence-corrected chi connectivity index (χ4v) is 2.73. The van der Waals surface area contributed by atoms with E-state index in [2.05, 4.69) is 31.8 Å². The number of fused-ring (bicyclic) bond motifs is 1. The standard InChI is InChI=1S/C20H17F3N/c1-19(2,3)14-9-7-13(8-10-14)15-11-12-24-18-16(15)5-4-6-17(18)20(21,22)23/h4-10,12H,1-3H3. The molecule has 0 N–H and O–H groups in total. The van der Waals surface area contributed by atoms with Gasteiger partial charge in [-0.1, -0.05) is 57.2 Å². The van der Waals surface area contributed by atoms with E-state index >= 15 is 0 Å². The number of benzene rings is 2. The van der Waals surface area contributed by atoms with E-state index in [-0.39, 0.29) is 10.9 Å². The topological polar surface area (TPSA) is 12.9 Å². The van der Waals surface area contributed by atoms with Gasteiger partial charge in [-0.25, -0.2) is 0 Å². The third-order valence-corrected chi connectivity index (χ3v) is 4.05. The second-order valence-corrected chi connectivity index (χ2v) is 6.80. The third kappa shape index (κ3) is 3.01. The molecular weight excluding hydrogens is 311 g/mol. The molecule has 0 fully saturated rings. The van der Waals surface area contributed by atoms with E-state index < -0.39 is 11.7 Å². The van der Waals surface area contributed by atoms with Gasteiger partial charge >= 0.3 is 6.18 Å². The lowest BCUT2D eigenvalue weighted by atomic mass is 9.86. The Morgan fingerprint density at radius 1 is 0.917 bits per heavy atom. The molecule has 0 aliphatic heterocycles. The van der Waals surface area contributed by atoms with Crippen LogP contribution in [0.1, 0.15) is 31.9 Å². The van der Waals surface area contributed by atoms with Gasteiger partial charge in [0.05, 0.1) is 11.1 Å². The zero-order chi connectivity index (χ0) is 17.5. The minimum absolute atomic E-state index is 0.0199. The molecule has 123 valence electrons. The summed E-state index contributed by atoms with van der Waals surface area (Å²) in [5.74, 6) is 0. The van der Waals surface area contributed by atoms with Gasteiger partial charge in [0.15, 0.2) is 0 Å². The molecule has 0 atom stereocenters. The van der Waals surface area contributed by atoms with Gasteiger partial charge in [0.25, 0.3) is 0 Å². The molecule has 1 radical (unpaired) electrons. The minimum atomic E-state index is -4.43. The first-order valence-corrected chi connectivity index (χ1v) is 7.65. The van der Waals surface area contributed by atoms with E-state index in [0.29, 0.717) is 10.9 Å². The van der Waals surface area contributed by atoms with Crippen LogP contribution in [0.5, 0.6) is 0 Å². The van der Waals surface area contributed by atoms with Crippen LogP contribution in [0.25, 0.3) is 22.0 Å². The average molecular weight is 328 g/mol. The fourth-order valence-electron chi connectivity index (χ4n) is 2.73. The first-order chi connectivity index (χ1) is 11.2. The van der Waals surface area contributed by atoms with Crippen LogP contribution < -0.4 is 0 Å². The van der Waals surface area contributed by atoms with Crippen molar-refractivity contribution in [2.24, 2.45) is 0 Å². The zero-order valence-electron chi connectivity index (χ0n) is 13.7. The summed E-state index contributed by atoms with van der Waals surface area (Å²) in [6.07, 6.45) is -3.12. The molecule has 4 heteroatoms. The molecular formula is C20H17F3N. The maximum Gasteiger partial charge on any atom is 0.418 e. The van der Waals surface area contributed by atoms with Gasteiger partial charge in [0.1, 0.15) is 0 Å². The molecule has 0 unspecified atom stereocenters. The first-order valence-electron chi connectivity index (χ1n) is 7.65. The van der Waals surface area contributed by atoms with Crippen LogP contribution in [-0.2, 0) is 11.6 Å². The molecule has 0 aliphatic carbocycles. The summed E-state index contributed by atoms with van der Waals surface area (Å²) in [6.45, 7) is 6.35.